The van der Waals surface area contributed by atoms with E-state index in [9.17, 15) is 0 Å². The van der Waals surface area contributed by atoms with Crippen LogP contribution in [0.4, 0.5) is 0 Å². The summed E-state index contributed by atoms with van der Waals surface area (Å²) in [6.07, 6.45) is 0. The Hall–Kier alpha value is -1.34. The molecule has 1 atom stereocenters. The first kappa shape index (κ1) is 25.9. The van der Waals surface area contributed by atoms with E-state index >= 15 is 0 Å². The first-order valence-corrected chi connectivity index (χ1v) is 14.6. The molecule has 2 aromatic carbocycles. The van der Waals surface area contributed by atoms with Crippen molar-refractivity contribution in [3.8, 4) is 11.5 Å². The van der Waals surface area contributed by atoms with Gasteiger partial charge in [-0.3, -0.25) is 4.90 Å². The molecule has 0 aliphatic heterocycles. The van der Waals surface area contributed by atoms with E-state index in [1.54, 1.807) is 14.2 Å². The molecule has 0 N–H and O–H groups in total. The maximum Gasteiger partial charge on any atom is 0.192 e. The average Bonchev–Trinajstić information content (AvgIpc) is 2.72. The maximum absolute atomic E-state index is 6.45. The van der Waals surface area contributed by atoms with Crippen molar-refractivity contribution in [2.45, 2.75) is 56.8 Å². The molecule has 0 saturated carbocycles. The smallest absolute Gasteiger partial charge is 0.192 e. The van der Waals surface area contributed by atoms with Gasteiger partial charge >= 0.3 is 0 Å². The Morgan fingerprint density at radius 1 is 0.839 bits per heavy atom. The molecule has 0 fully saturated rings. The van der Waals surface area contributed by atoms with Crippen LogP contribution in [0.3, 0.4) is 0 Å². The Morgan fingerprint density at radius 2 is 1.26 bits per heavy atom. The molecule has 4 nitrogen and oxygen atoms in total. The third kappa shape index (κ3) is 8.26. The second kappa shape index (κ2) is 11.5. The van der Waals surface area contributed by atoms with Crippen LogP contribution in [0.25, 0.3) is 0 Å². The largest absolute Gasteiger partial charge is 0.497 e. The Labute approximate surface area is 198 Å². The van der Waals surface area contributed by atoms with Crippen molar-refractivity contribution in [2.24, 2.45) is 0 Å². The van der Waals surface area contributed by atoms with Crippen molar-refractivity contribution < 1.29 is 13.9 Å². The number of rotatable bonds is 11. The lowest BCUT2D eigenvalue weighted by molar-refractivity contribution is 0.221. The van der Waals surface area contributed by atoms with Gasteiger partial charge in [-0.1, -0.05) is 61.0 Å². The molecule has 0 heterocycles. The molecule has 2 rings (SSSR count). The van der Waals surface area contributed by atoms with Gasteiger partial charge in [0.15, 0.2) is 8.32 Å². The van der Waals surface area contributed by atoms with Gasteiger partial charge in [0.2, 0.25) is 0 Å². The number of methoxy groups -OCH3 is 2. The summed E-state index contributed by atoms with van der Waals surface area (Å²) < 4.78 is 17.1. The van der Waals surface area contributed by atoms with Gasteiger partial charge in [-0.05, 0) is 53.5 Å². The summed E-state index contributed by atoms with van der Waals surface area (Å²) in [4.78, 5) is 2.72. The highest BCUT2D eigenvalue weighted by molar-refractivity contribution is 9.09. The van der Waals surface area contributed by atoms with Gasteiger partial charge in [-0.15, -0.1) is 0 Å². The quantitative estimate of drug-likeness (QED) is 0.256. The van der Waals surface area contributed by atoms with Gasteiger partial charge in [0.25, 0.3) is 0 Å². The van der Waals surface area contributed by atoms with Crippen molar-refractivity contribution >= 4 is 24.2 Å². The molecule has 172 valence electrons. The van der Waals surface area contributed by atoms with Gasteiger partial charge in [-0.2, -0.15) is 0 Å². The van der Waals surface area contributed by atoms with Crippen LogP contribution in [0, 0.1) is 0 Å². The van der Waals surface area contributed by atoms with E-state index in [-0.39, 0.29) is 9.87 Å². The Bertz CT molecular complexity index is 738. The number of ether oxygens (including phenoxy) is 2. The maximum atomic E-state index is 6.45. The molecule has 0 aromatic heterocycles. The molecule has 1 unspecified atom stereocenters. The summed E-state index contributed by atoms with van der Waals surface area (Å²) >= 11 is 3.89. The van der Waals surface area contributed by atoms with E-state index in [0.717, 1.165) is 37.7 Å². The van der Waals surface area contributed by atoms with Crippen LogP contribution in [0.15, 0.2) is 48.5 Å². The van der Waals surface area contributed by atoms with Crippen LogP contribution in [0.5, 0.6) is 11.5 Å². The van der Waals surface area contributed by atoms with Crippen molar-refractivity contribution in [1.29, 1.82) is 0 Å². The minimum atomic E-state index is -1.76. The standard InChI is InChI=1S/C25H38BrNO3Si/c1-25(2,3)31(6,7)30-19-22(26)18-27(16-20-8-12-23(28-4)13-9-20)17-21-10-14-24(29-5)15-11-21/h8-15,22H,16-19H2,1-7H3. The van der Waals surface area contributed by atoms with Gasteiger partial charge in [0.1, 0.15) is 11.5 Å². The van der Waals surface area contributed by atoms with Gasteiger partial charge < -0.3 is 13.9 Å². The molecular formula is C25H38BrNO3Si. The Kier molecular flexibility index (Phi) is 9.61. The third-order valence-electron chi connectivity index (χ3n) is 6.02. The molecular weight excluding hydrogens is 470 g/mol. The number of hydrogen-bond acceptors (Lipinski definition) is 4. The van der Waals surface area contributed by atoms with Crippen LogP contribution in [0.2, 0.25) is 18.1 Å². The van der Waals surface area contributed by atoms with Crippen molar-refractivity contribution in [3.05, 3.63) is 59.7 Å². The zero-order valence-electron chi connectivity index (χ0n) is 20.1. The predicted molar refractivity (Wildman–Crippen MR) is 136 cm³/mol. The molecule has 0 aliphatic carbocycles. The van der Waals surface area contributed by atoms with E-state index in [4.69, 9.17) is 13.9 Å². The normalized spacial score (nSPS) is 13.3. The summed E-state index contributed by atoms with van der Waals surface area (Å²) in [7, 11) is 1.63. The highest BCUT2D eigenvalue weighted by atomic mass is 79.9. The van der Waals surface area contributed by atoms with Crippen LogP contribution >= 0.6 is 15.9 Å². The fraction of sp³-hybridized carbons (Fsp3) is 0.520. The van der Waals surface area contributed by atoms with Crippen molar-refractivity contribution in [2.75, 3.05) is 27.4 Å². The van der Waals surface area contributed by atoms with Crippen LogP contribution in [0.1, 0.15) is 31.9 Å². The van der Waals surface area contributed by atoms with Gasteiger partial charge in [0, 0.05) is 31.1 Å². The molecule has 0 spiro atoms. The predicted octanol–water partition coefficient (Wildman–Crippen LogP) is 6.49. The summed E-state index contributed by atoms with van der Waals surface area (Å²) in [5.41, 5.74) is 2.53. The number of hydrogen-bond donors (Lipinski definition) is 0. The third-order valence-corrected chi connectivity index (χ3v) is 11.1. The van der Waals surface area contributed by atoms with Crippen LogP contribution in [-0.4, -0.2) is 45.4 Å². The summed E-state index contributed by atoms with van der Waals surface area (Å²) in [6.45, 7) is 14.8. The van der Waals surface area contributed by atoms with E-state index in [1.807, 2.05) is 24.3 Å². The van der Waals surface area contributed by atoms with Crippen molar-refractivity contribution in [3.63, 3.8) is 0 Å². The molecule has 0 bridgehead atoms. The average molecular weight is 509 g/mol. The molecule has 0 radical (unpaired) electrons. The Balaban J connectivity index is 2.07. The Morgan fingerprint density at radius 3 is 1.61 bits per heavy atom. The van der Waals surface area contributed by atoms with Gasteiger partial charge in [-0.25, -0.2) is 0 Å². The first-order valence-electron chi connectivity index (χ1n) is 10.8. The lowest BCUT2D eigenvalue weighted by atomic mass is 10.1. The van der Waals surface area contributed by atoms with E-state index < -0.39 is 8.32 Å². The fourth-order valence-corrected chi connectivity index (χ4v) is 4.85. The molecule has 0 amide bonds. The topological polar surface area (TPSA) is 30.9 Å². The zero-order valence-corrected chi connectivity index (χ0v) is 22.7. The van der Waals surface area contributed by atoms with Gasteiger partial charge in [0.05, 0.1) is 14.2 Å². The lowest BCUT2D eigenvalue weighted by Gasteiger charge is -2.37. The fourth-order valence-electron chi connectivity index (χ4n) is 3.01. The van der Waals surface area contributed by atoms with Crippen LogP contribution < -0.4 is 9.47 Å². The summed E-state index contributed by atoms with van der Waals surface area (Å²) in [5, 5.41) is 0.214. The molecule has 2 aromatic rings. The lowest BCUT2D eigenvalue weighted by Crippen LogP contribution is -2.43. The van der Waals surface area contributed by atoms with E-state index in [0.29, 0.717) is 0 Å². The van der Waals surface area contributed by atoms with Crippen molar-refractivity contribution in [1.82, 2.24) is 4.90 Å². The number of alkyl halides is 1. The molecule has 31 heavy (non-hydrogen) atoms. The first-order chi connectivity index (χ1) is 14.5. The molecule has 6 heteroatoms. The zero-order chi connectivity index (χ0) is 23.1. The molecule has 0 saturated heterocycles. The van der Waals surface area contributed by atoms with E-state index in [1.165, 1.54) is 11.1 Å². The van der Waals surface area contributed by atoms with E-state index in [2.05, 4.69) is 79.0 Å². The highest BCUT2D eigenvalue weighted by Crippen LogP contribution is 2.36. The minimum Gasteiger partial charge on any atom is -0.497 e. The molecule has 0 aliphatic rings. The monoisotopic (exact) mass is 507 g/mol. The minimum absolute atomic E-state index is 0.214. The highest BCUT2D eigenvalue weighted by Gasteiger charge is 2.37. The number of benzene rings is 2. The number of nitrogens with zero attached hydrogens (tertiary/aromatic N) is 1. The van der Waals surface area contributed by atoms with Crippen LogP contribution in [-0.2, 0) is 17.5 Å². The second-order valence-corrected chi connectivity index (χ2v) is 15.6. The number of halogens is 1. The summed E-state index contributed by atoms with van der Waals surface area (Å²) in [6, 6.07) is 16.6. The SMILES string of the molecule is COc1ccc(CN(Cc2ccc(OC)cc2)CC(Br)CO[Si](C)(C)C(C)(C)C)cc1. The second-order valence-electron chi connectivity index (χ2n) is 9.53. The summed E-state index contributed by atoms with van der Waals surface area (Å²) in [5.74, 6) is 1.76.